The minimum Gasteiger partial charge on any atom is -0.469 e. The van der Waals surface area contributed by atoms with E-state index in [1.165, 1.54) is 6.08 Å². The molecule has 16 heteroatoms. The van der Waals surface area contributed by atoms with Crippen molar-refractivity contribution in [3.63, 3.8) is 0 Å². The number of fused-ring (bicyclic) bond motifs is 16. The normalized spacial score (nSPS) is 43.5. The van der Waals surface area contributed by atoms with Gasteiger partial charge in [0.15, 0.2) is 0 Å². The summed E-state index contributed by atoms with van der Waals surface area (Å²) in [6.45, 7) is 0. The zero-order valence-electron chi connectivity index (χ0n) is 27.2. The van der Waals surface area contributed by atoms with E-state index in [-0.39, 0.29) is 16.7 Å². The highest BCUT2D eigenvalue weighted by Crippen LogP contribution is 3.07. The monoisotopic (exact) mass is 672 g/mol. The molecular weight excluding hydrogens is 640 g/mol. The smallest absolute Gasteiger partial charge is 0.334 e. The molecule has 5 saturated carbocycles. The first-order valence-electron chi connectivity index (χ1n) is 15.0. The zero-order chi connectivity index (χ0) is 35.3. The summed E-state index contributed by atoms with van der Waals surface area (Å²) in [5, 5.41) is 0. The van der Waals surface area contributed by atoms with Gasteiger partial charge in [-0.05, 0) is 17.8 Å². The van der Waals surface area contributed by atoms with E-state index in [2.05, 4.69) is 0 Å². The fourth-order valence-corrected chi connectivity index (χ4v) is 12.6. The summed E-state index contributed by atoms with van der Waals surface area (Å²) < 4.78 is 41.4. The van der Waals surface area contributed by atoms with Gasteiger partial charge in [0, 0.05) is 23.7 Å². The molecule has 7 aliphatic rings. The molecule has 0 aromatic rings. The second kappa shape index (κ2) is 9.23. The number of methoxy groups -OCH3 is 8. The average Bonchev–Trinajstić information content (AvgIpc) is 3.08. The standard InChI is InChI=1S/C32H32O16/c1-41-20(33)11-9-10-14-17(28(10,11)23(36)44-4)32(27(40)48-8)19-18(29(14,32)24(37)45-5)30(25(38)46-6)15-12(21(34)42-2)13(22(35)43-3)16(15)31(19,30)26(39)47-7/h9-10,14-19H,1-8H3. The Bertz CT molecular complexity index is 1760. The highest BCUT2D eigenvalue weighted by atomic mass is 16.6. The molecule has 7 rings (SSSR count). The van der Waals surface area contributed by atoms with Gasteiger partial charge in [0.2, 0.25) is 0 Å². The molecule has 0 aromatic heterocycles. The number of hydrogen-bond donors (Lipinski definition) is 0. The van der Waals surface area contributed by atoms with Gasteiger partial charge < -0.3 is 37.9 Å². The summed E-state index contributed by atoms with van der Waals surface area (Å²) >= 11 is 0. The van der Waals surface area contributed by atoms with E-state index in [9.17, 15) is 38.4 Å². The predicted octanol–water partition coefficient (Wildman–Crippen LogP) is -1.07. The van der Waals surface area contributed by atoms with Crippen molar-refractivity contribution in [1.29, 1.82) is 0 Å². The summed E-state index contributed by atoms with van der Waals surface area (Å²) in [5.74, 6) is -15.7. The molecule has 12 atom stereocenters. The molecule has 0 spiro atoms. The van der Waals surface area contributed by atoms with Crippen LogP contribution < -0.4 is 0 Å². The van der Waals surface area contributed by atoms with Crippen molar-refractivity contribution in [3.8, 4) is 0 Å². The Hall–Kier alpha value is -4.76. The van der Waals surface area contributed by atoms with Gasteiger partial charge >= 0.3 is 47.8 Å². The third kappa shape index (κ3) is 2.33. The molecule has 0 bridgehead atoms. The maximum Gasteiger partial charge on any atom is 0.334 e. The summed E-state index contributed by atoms with van der Waals surface area (Å²) in [7, 11) is 8.58. The minimum atomic E-state index is -2.11. The molecule has 0 saturated heterocycles. The molecule has 256 valence electrons. The van der Waals surface area contributed by atoms with Crippen molar-refractivity contribution in [2.45, 2.75) is 0 Å². The molecule has 5 fully saturated rings. The van der Waals surface area contributed by atoms with Gasteiger partial charge in [0.05, 0.1) is 95.3 Å². The van der Waals surface area contributed by atoms with Gasteiger partial charge in [-0.25, -0.2) is 14.4 Å². The SMILES string of the molecule is COC(=O)C1=CC2C3C(C12C(=O)OC)C1(C(=O)OC)C2C(C4(C(=O)OC)C5C(C(=O)OC)=C(C(=O)OC)C5C24C(=O)OC)C31C(=O)OC. The molecule has 0 heterocycles. The number of rotatable bonds is 8. The molecular formula is C32H32O16. The Morgan fingerprint density at radius 2 is 0.833 bits per heavy atom. The number of esters is 8. The van der Waals surface area contributed by atoms with E-state index < -0.39 is 116 Å². The van der Waals surface area contributed by atoms with E-state index in [1.54, 1.807) is 0 Å². The molecule has 0 aliphatic heterocycles. The van der Waals surface area contributed by atoms with Gasteiger partial charge in [0.25, 0.3) is 0 Å². The van der Waals surface area contributed by atoms with Crippen molar-refractivity contribution in [2.24, 2.45) is 68.5 Å². The van der Waals surface area contributed by atoms with E-state index in [1.807, 2.05) is 0 Å². The average molecular weight is 673 g/mol. The first-order chi connectivity index (χ1) is 22.8. The largest absolute Gasteiger partial charge is 0.469 e. The fraction of sp³-hybridized carbons (Fsp3) is 0.625. The molecule has 16 nitrogen and oxygen atoms in total. The lowest BCUT2D eigenvalue weighted by atomic mass is 8.97. The topological polar surface area (TPSA) is 210 Å². The first kappa shape index (κ1) is 31.8. The van der Waals surface area contributed by atoms with Crippen LogP contribution in [0.15, 0.2) is 22.8 Å². The number of carbonyl (C=O) groups is 8. The van der Waals surface area contributed by atoms with Crippen molar-refractivity contribution in [3.05, 3.63) is 22.8 Å². The molecule has 0 radical (unpaired) electrons. The van der Waals surface area contributed by atoms with Crippen molar-refractivity contribution < 1.29 is 76.3 Å². The fourth-order valence-electron chi connectivity index (χ4n) is 12.6. The number of hydrogen-bond acceptors (Lipinski definition) is 16. The Balaban J connectivity index is 1.57. The minimum absolute atomic E-state index is 0.0998. The van der Waals surface area contributed by atoms with E-state index in [0.717, 1.165) is 56.9 Å². The van der Waals surface area contributed by atoms with E-state index in [4.69, 9.17) is 37.9 Å². The van der Waals surface area contributed by atoms with Crippen molar-refractivity contribution in [2.75, 3.05) is 56.9 Å². The van der Waals surface area contributed by atoms with Gasteiger partial charge in [0.1, 0.15) is 5.41 Å². The Morgan fingerprint density at radius 1 is 0.458 bits per heavy atom. The van der Waals surface area contributed by atoms with Crippen LogP contribution in [-0.2, 0) is 76.3 Å². The van der Waals surface area contributed by atoms with Crippen LogP contribution in [0.4, 0.5) is 0 Å². The molecule has 48 heavy (non-hydrogen) atoms. The first-order valence-corrected chi connectivity index (χ1v) is 15.0. The summed E-state index contributed by atoms with van der Waals surface area (Å²) in [6.07, 6.45) is 1.46. The summed E-state index contributed by atoms with van der Waals surface area (Å²) in [5.41, 5.74) is -10.6. The Kier molecular flexibility index (Phi) is 6.12. The lowest BCUT2D eigenvalue weighted by molar-refractivity contribution is -0.533. The maximum absolute atomic E-state index is 14.5. The Morgan fingerprint density at radius 3 is 1.23 bits per heavy atom. The lowest BCUT2D eigenvalue weighted by Crippen LogP contribution is -3.08. The van der Waals surface area contributed by atoms with E-state index in [0.29, 0.717) is 0 Å². The number of allylic oxidation sites excluding steroid dienone is 1. The van der Waals surface area contributed by atoms with Crippen LogP contribution in [0.2, 0.25) is 0 Å². The van der Waals surface area contributed by atoms with Gasteiger partial charge in [-0.3, -0.25) is 24.0 Å². The van der Waals surface area contributed by atoms with Gasteiger partial charge in [-0.2, -0.15) is 0 Å². The second-order valence-corrected chi connectivity index (χ2v) is 13.1. The molecule has 0 amide bonds. The quantitative estimate of drug-likeness (QED) is 0.171. The van der Waals surface area contributed by atoms with Crippen LogP contribution in [0.25, 0.3) is 0 Å². The second-order valence-electron chi connectivity index (χ2n) is 13.1. The van der Waals surface area contributed by atoms with Crippen LogP contribution in [0.3, 0.4) is 0 Å². The van der Waals surface area contributed by atoms with Crippen LogP contribution in [0, 0.1) is 68.5 Å². The van der Waals surface area contributed by atoms with Gasteiger partial charge in [-0.15, -0.1) is 0 Å². The highest BCUT2D eigenvalue weighted by Gasteiger charge is 3.15. The Labute approximate surface area is 272 Å². The van der Waals surface area contributed by atoms with Gasteiger partial charge in [-0.1, -0.05) is 6.08 Å². The van der Waals surface area contributed by atoms with E-state index >= 15 is 0 Å². The zero-order valence-corrected chi connectivity index (χ0v) is 27.2. The lowest BCUT2D eigenvalue weighted by Gasteiger charge is -3.00. The van der Waals surface area contributed by atoms with Crippen LogP contribution >= 0.6 is 0 Å². The third-order valence-electron chi connectivity index (χ3n) is 13.3. The van der Waals surface area contributed by atoms with Crippen LogP contribution in [-0.4, -0.2) is 105 Å². The van der Waals surface area contributed by atoms with Crippen molar-refractivity contribution in [1.82, 2.24) is 0 Å². The predicted molar refractivity (Wildman–Crippen MR) is 148 cm³/mol. The molecule has 0 N–H and O–H groups in total. The number of carbonyl (C=O) groups excluding carboxylic acids is 8. The van der Waals surface area contributed by atoms with Crippen LogP contribution in [0.1, 0.15) is 0 Å². The summed E-state index contributed by atoms with van der Waals surface area (Å²) in [6, 6.07) is 0. The highest BCUT2D eigenvalue weighted by molar-refractivity contribution is 6.14. The van der Waals surface area contributed by atoms with Crippen LogP contribution in [0.5, 0.6) is 0 Å². The van der Waals surface area contributed by atoms with Crippen molar-refractivity contribution >= 4 is 47.8 Å². The third-order valence-corrected chi connectivity index (χ3v) is 13.3. The number of ether oxygens (including phenoxy) is 8. The maximum atomic E-state index is 14.5. The molecule has 7 aliphatic carbocycles. The molecule has 12 unspecified atom stereocenters. The summed E-state index contributed by atoms with van der Waals surface area (Å²) in [4.78, 5) is 111. The molecule has 0 aromatic carbocycles.